The van der Waals surface area contributed by atoms with Gasteiger partial charge in [0, 0.05) is 18.0 Å². The summed E-state index contributed by atoms with van der Waals surface area (Å²) >= 11 is 6.30. The van der Waals surface area contributed by atoms with Gasteiger partial charge in [0.1, 0.15) is 11.3 Å². The second kappa shape index (κ2) is 10.5. The van der Waals surface area contributed by atoms with Gasteiger partial charge in [0.2, 0.25) is 17.8 Å². The minimum Gasteiger partial charge on any atom is -0.393 e. The van der Waals surface area contributed by atoms with E-state index in [9.17, 15) is 14.3 Å². The van der Waals surface area contributed by atoms with Crippen LogP contribution in [0.2, 0.25) is 5.02 Å². The number of fused-ring (bicyclic) bond motifs is 1. The quantitative estimate of drug-likeness (QED) is 0.373. The van der Waals surface area contributed by atoms with Gasteiger partial charge in [-0.05, 0) is 63.5 Å². The van der Waals surface area contributed by atoms with Crippen molar-refractivity contribution in [3.8, 4) is 6.07 Å². The number of benzene rings is 1. The van der Waals surface area contributed by atoms with Crippen LogP contribution in [0.25, 0.3) is 11.2 Å². The molecule has 2 saturated carbocycles. The minimum absolute atomic E-state index is 0.00513. The van der Waals surface area contributed by atoms with Gasteiger partial charge in [0.25, 0.3) is 0 Å². The summed E-state index contributed by atoms with van der Waals surface area (Å²) in [4.78, 5) is 25.5. The summed E-state index contributed by atoms with van der Waals surface area (Å²) in [7, 11) is 0. The zero-order valence-electron chi connectivity index (χ0n) is 20.1. The lowest BCUT2D eigenvalue weighted by molar-refractivity contribution is -0.122. The Hall–Kier alpha value is -3.49. The zero-order valence-corrected chi connectivity index (χ0v) is 20.9. The topological polar surface area (TPSA) is 155 Å². The van der Waals surface area contributed by atoms with Crippen LogP contribution in [-0.2, 0) is 4.79 Å². The van der Waals surface area contributed by atoms with Crippen molar-refractivity contribution in [2.24, 2.45) is 11.7 Å². The zero-order chi connectivity index (χ0) is 26.1. The van der Waals surface area contributed by atoms with Crippen molar-refractivity contribution >= 4 is 46.3 Å². The second-order valence-corrected chi connectivity index (χ2v) is 10.2. The highest BCUT2D eigenvalue weighted by Crippen LogP contribution is 2.38. The molecule has 0 aliphatic heterocycles. The molecule has 3 aromatic rings. The predicted molar refractivity (Wildman–Crippen MR) is 137 cm³/mol. The summed E-state index contributed by atoms with van der Waals surface area (Å²) in [5, 5.41) is 25.5. The van der Waals surface area contributed by atoms with Crippen molar-refractivity contribution in [3.63, 3.8) is 0 Å². The molecule has 0 bridgehead atoms. The van der Waals surface area contributed by atoms with E-state index in [2.05, 4.69) is 20.6 Å². The lowest BCUT2D eigenvalue weighted by Crippen LogP contribution is -2.30. The highest BCUT2D eigenvalue weighted by molar-refractivity contribution is 6.33. The molecule has 2 heterocycles. The summed E-state index contributed by atoms with van der Waals surface area (Å²) in [6.45, 7) is 0. The fourth-order valence-corrected chi connectivity index (χ4v) is 5.61. The normalized spacial score (nSPS) is 23.9. The van der Waals surface area contributed by atoms with Crippen molar-refractivity contribution in [1.82, 2.24) is 19.5 Å². The number of aromatic nitrogens is 4. The number of hydrogen-bond donors (Lipinski definition) is 4. The first-order chi connectivity index (χ1) is 17.8. The Morgan fingerprint density at radius 3 is 2.68 bits per heavy atom. The van der Waals surface area contributed by atoms with Crippen molar-refractivity contribution in [3.05, 3.63) is 34.7 Å². The number of nitrogens with one attached hydrogen (secondary N) is 2. The maximum atomic E-state index is 14.9. The molecule has 1 amide bonds. The second-order valence-electron chi connectivity index (χ2n) is 9.83. The van der Waals surface area contributed by atoms with Crippen molar-refractivity contribution in [2.45, 2.75) is 69.6 Å². The van der Waals surface area contributed by atoms with Gasteiger partial charge < -0.3 is 21.5 Å². The fraction of sp³-hybridized carbons (Fsp3) is 0.480. The molecule has 5 N–H and O–H groups in total. The van der Waals surface area contributed by atoms with E-state index in [-0.39, 0.29) is 46.3 Å². The van der Waals surface area contributed by atoms with Gasteiger partial charge in [-0.25, -0.2) is 14.4 Å². The number of aliphatic hydroxyl groups excluding tert-OH is 1. The lowest BCUT2D eigenvalue weighted by atomic mass is 9.85. The molecule has 2 aliphatic rings. The Morgan fingerprint density at radius 1 is 1.22 bits per heavy atom. The van der Waals surface area contributed by atoms with Crippen LogP contribution in [0.4, 0.5) is 22.0 Å². The molecule has 10 nitrogen and oxygen atoms in total. The molecule has 2 fully saturated rings. The van der Waals surface area contributed by atoms with Gasteiger partial charge >= 0.3 is 0 Å². The Bertz CT molecular complexity index is 1340. The van der Waals surface area contributed by atoms with Gasteiger partial charge in [-0.2, -0.15) is 10.2 Å². The molecule has 194 valence electrons. The maximum absolute atomic E-state index is 14.9. The summed E-state index contributed by atoms with van der Waals surface area (Å²) in [6, 6.07) is 4.38. The Balaban J connectivity index is 1.52. The van der Waals surface area contributed by atoms with E-state index in [0.717, 1.165) is 25.3 Å². The minimum atomic E-state index is -0.676. The van der Waals surface area contributed by atoms with E-state index in [0.29, 0.717) is 55.2 Å². The number of nitrogens with two attached hydrogens (primary N) is 1. The first-order valence-corrected chi connectivity index (χ1v) is 12.8. The third-order valence-electron chi connectivity index (χ3n) is 7.28. The lowest BCUT2D eigenvalue weighted by Gasteiger charge is -2.29. The fourth-order valence-electron chi connectivity index (χ4n) is 5.36. The molecule has 2 aromatic heterocycles. The summed E-state index contributed by atoms with van der Waals surface area (Å²) in [5.74, 6) is -0.403. The number of rotatable bonds is 6. The Kier molecular flexibility index (Phi) is 7.13. The van der Waals surface area contributed by atoms with E-state index in [4.69, 9.17) is 27.6 Å². The molecule has 0 unspecified atom stereocenters. The number of nitriles is 1. The van der Waals surface area contributed by atoms with Crippen LogP contribution in [0, 0.1) is 23.1 Å². The van der Waals surface area contributed by atoms with E-state index in [1.54, 1.807) is 6.20 Å². The van der Waals surface area contributed by atoms with E-state index in [1.165, 1.54) is 6.07 Å². The molecule has 5 rings (SSSR count). The number of halogens is 2. The largest absolute Gasteiger partial charge is 0.393 e. The highest BCUT2D eigenvalue weighted by Gasteiger charge is 2.30. The average Bonchev–Trinajstić information content (AvgIpc) is 3.23. The molecule has 37 heavy (non-hydrogen) atoms. The van der Waals surface area contributed by atoms with Crippen molar-refractivity contribution in [2.75, 3.05) is 10.6 Å². The number of hydrogen-bond acceptors (Lipinski definition) is 8. The van der Waals surface area contributed by atoms with Gasteiger partial charge in [0.05, 0.1) is 34.6 Å². The van der Waals surface area contributed by atoms with Crippen LogP contribution >= 0.6 is 11.6 Å². The number of anilines is 3. The molecule has 0 saturated heterocycles. The number of aliphatic hydroxyl groups is 1. The third kappa shape index (κ3) is 5.31. The van der Waals surface area contributed by atoms with Gasteiger partial charge in [0.15, 0.2) is 5.65 Å². The van der Waals surface area contributed by atoms with Crippen LogP contribution in [0.3, 0.4) is 0 Å². The van der Waals surface area contributed by atoms with Crippen LogP contribution in [0.1, 0.15) is 63.0 Å². The van der Waals surface area contributed by atoms with E-state index < -0.39 is 5.82 Å². The third-order valence-corrected chi connectivity index (χ3v) is 7.58. The molecule has 12 heteroatoms. The van der Waals surface area contributed by atoms with Crippen LogP contribution in [-0.4, -0.2) is 42.7 Å². The first-order valence-electron chi connectivity index (χ1n) is 12.5. The van der Waals surface area contributed by atoms with Gasteiger partial charge in [-0.15, -0.1) is 0 Å². The predicted octanol–water partition coefficient (Wildman–Crippen LogP) is 4.17. The number of primary amides is 1. The van der Waals surface area contributed by atoms with E-state index in [1.807, 2.05) is 10.6 Å². The smallest absolute Gasteiger partial charge is 0.224 e. The summed E-state index contributed by atoms with van der Waals surface area (Å²) in [5.41, 5.74) is 6.72. The summed E-state index contributed by atoms with van der Waals surface area (Å²) < 4.78 is 16.8. The van der Waals surface area contributed by atoms with Crippen LogP contribution < -0.4 is 16.4 Å². The number of carbonyl (C=O) groups is 1. The molecular formula is C25H28ClFN8O2. The van der Waals surface area contributed by atoms with E-state index >= 15 is 0 Å². The highest BCUT2D eigenvalue weighted by atomic mass is 35.5. The molecule has 2 aliphatic carbocycles. The molecule has 0 radical (unpaired) electrons. The molecule has 0 spiro atoms. The van der Waals surface area contributed by atoms with Crippen LogP contribution in [0.5, 0.6) is 0 Å². The monoisotopic (exact) mass is 526 g/mol. The average molecular weight is 527 g/mol. The summed E-state index contributed by atoms with van der Waals surface area (Å²) in [6.07, 6.45) is 7.11. The van der Waals surface area contributed by atoms with Crippen molar-refractivity contribution in [1.29, 1.82) is 5.26 Å². The van der Waals surface area contributed by atoms with Crippen molar-refractivity contribution < 1.29 is 14.3 Å². The van der Waals surface area contributed by atoms with Gasteiger partial charge in [-0.3, -0.25) is 9.36 Å². The van der Waals surface area contributed by atoms with Crippen LogP contribution in [0.15, 0.2) is 18.3 Å². The Morgan fingerprint density at radius 2 is 2.00 bits per heavy atom. The van der Waals surface area contributed by atoms with Gasteiger partial charge in [-0.1, -0.05) is 11.6 Å². The number of amides is 1. The molecule has 2 atom stereocenters. The standard InChI is InChI=1S/C25H28ClFN8O2/c26-18-8-13(11-28)9-19(27)21(18)33-25-32-20-12-30-24(31-15-2-1-3-17(36)10-15)34-23(20)35(25)16-6-4-14(5-7-16)22(29)37/h8-9,12,14-17,36H,1-7,10H2,(H2,29,37)(H,32,33)(H,30,31,34)/t14-,15-,16+,17-/m1/s1. The maximum Gasteiger partial charge on any atom is 0.224 e. The number of nitrogens with zero attached hydrogens (tertiary/aromatic N) is 5. The SMILES string of the molecule is N#Cc1cc(F)c(Nc2nc3cnc(N[C@@H]4CCC[C@@H](O)C4)nc3n2[C@H]2CC[C@@H](C(N)=O)CC2)c(Cl)c1. The molecular weight excluding hydrogens is 499 g/mol. The first kappa shape index (κ1) is 25.2. The number of carbonyl (C=O) groups excluding carboxylic acids is 1. The number of imidazole rings is 1. The Labute approximate surface area is 218 Å². The molecule has 1 aromatic carbocycles.